The van der Waals surface area contributed by atoms with Crippen LogP contribution in [0.4, 0.5) is 5.69 Å². The Balaban J connectivity index is 1.28. The van der Waals surface area contributed by atoms with Crippen molar-refractivity contribution in [3.8, 4) is 11.3 Å². The van der Waals surface area contributed by atoms with Crippen molar-refractivity contribution in [3.05, 3.63) is 89.7 Å². The van der Waals surface area contributed by atoms with Crippen LogP contribution in [0.15, 0.2) is 79.1 Å². The van der Waals surface area contributed by atoms with Gasteiger partial charge in [-0.2, -0.15) is 0 Å². The molecule has 5 rings (SSSR count). The van der Waals surface area contributed by atoms with Gasteiger partial charge in [0.25, 0.3) is 5.91 Å². The summed E-state index contributed by atoms with van der Waals surface area (Å²) in [7, 11) is 0. The Bertz CT molecular complexity index is 1370. The van der Waals surface area contributed by atoms with E-state index >= 15 is 0 Å². The molecule has 1 fully saturated rings. The molecule has 0 spiro atoms. The van der Waals surface area contributed by atoms with Gasteiger partial charge in [-0.05, 0) is 36.4 Å². The van der Waals surface area contributed by atoms with Gasteiger partial charge in [0.15, 0.2) is 0 Å². The van der Waals surface area contributed by atoms with Gasteiger partial charge < -0.3 is 10.2 Å². The van der Waals surface area contributed by atoms with Crippen molar-refractivity contribution in [3.63, 3.8) is 0 Å². The second kappa shape index (κ2) is 10.2. The molecule has 4 aromatic rings. The summed E-state index contributed by atoms with van der Waals surface area (Å²) in [6, 6.07) is 20.5. The summed E-state index contributed by atoms with van der Waals surface area (Å²) in [6.07, 6.45) is 3.43. The lowest BCUT2D eigenvalue weighted by molar-refractivity contribution is -0.117. The number of rotatable bonds is 5. The molecule has 1 aliphatic heterocycles. The van der Waals surface area contributed by atoms with E-state index in [-0.39, 0.29) is 18.4 Å². The maximum Gasteiger partial charge on any atom is 0.254 e. The summed E-state index contributed by atoms with van der Waals surface area (Å²) in [4.78, 5) is 38.8. The second-order valence-corrected chi connectivity index (χ2v) is 8.81. The van der Waals surface area contributed by atoms with Gasteiger partial charge in [-0.25, -0.2) is 4.98 Å². The number of nitrogens with zero attached hydrogens (tertiary/aromatic N) is 4. The SMILES string of the molecule is O=C(CN1CCN(C(=O)c2cc(-c3ccncc3)nc3ccccc23)CC1)Nc1ccccc1Cl. The van der Waals surface area contributed by atoms with Crippen LogP contribution in [0.25, 0.3) is 22.2 Å². The van der Waals surface area contributed by atoms with E-state index in [2.05, 4.69) is 10.3 Å². The summed E-state index contributed by atoms with van der Waals surface area (Å²) >= 11 is 6.13. The third kappa shape index (κ3) is 5.16. The van der Waals surface area contributed by atoms with Crippen molar-refractivity contribution in [1.82, 2.24) is 19.8 Å². The first-order chi connectivity index (χ1) is 17.1. The molecule has 0 atom stereocenters. The van der Waals surface area contributed by atoms with Crippen molar-refractivity contribution in [2.75, 3.05) is 38.0 Å². The number of pyridine rings is 2. The molecule has 0 unspecified atom stereocenters. The molecule has 0 bridgehead atoms. The smallest absolute Gasteiger partial charge is 0.254 e. The molecule has 2 aromatic heterocycles. The lowest BCUT2D eigenvalue weighted by Crippen LogP contribution is -2.50. The van der Waals surface area contributed by atoms with Gasteiger partial charge in [0.05, 0.1) is 34.0 Å². The Hall–Kier alpha value is -3.81. The molecule has 1 aliphatic rings. The quantitative estimate of drug-likeness (QED) is 0.455. The lowest BCUT2D eigenvalue weighted by atomic mass is 10.0. The van der Waals surface area contributed by atoms with Gasteiger partial charge in [0.1, 0.15) is 0 Å². The van der Waals surface area contributed by atoms with Crippen LogP contribution >= 0.6 is 11.6 Å². The number of carbonyl (C=O) groups excluding carboxylic acids is 2. The number of hydrogen-bond donors (Lipinski definition) is 1. The number of anilines is 1. The fourth-order valence-corrected chi connectivity index (χ4v) is 4.44. The highest BCUT2D eigenvalue weighted by Crippen LogP contribution is 2.26. The third-order valence-electron chi connectivity index (χ3n) is 6.10. The number of aromatic nitrogens is 2. The van der Waals surface area contributed by atoms with Gasteiger partial charge in [-0.15, -0.1) is 0 Å². The van der Waals surface area contributed by atoms with E-state index in [1.165, 1.54) is 0 Å². The van der Waals surface area contributed by atoms with E-state index in [1.54, 1.807) is 24.5 Å². The van der Waals surface area contributed by atoms with Crippen LogP contribution in [0.3, 0.4) is 0 Å². The molecule has 2 amide bonds. The van der Waals surface area contributed by atoms with E-state index in [4.69, 9.17) is 16.6 Å². The van der Waals surface area contributed by atoms with E-state index in [9.17, 15) is 9.59 Å². The molecule has 176 valence electrons. The Kier molecular flexibility index (Phi) is 6.70. The Morgan fingerprint density at radius 3 is 2.40 bits per heavy atom. The molecular formula is C27H24ClN5O2. The minimum atomic E-state index is -0.125. The summed E-state index contributed by atoms with van der Waals surface area (Å²) in [5.41, 5.74) is 3.66. The third-order valence-corrected chi connectivity index (χ3v) is 6.43. The first-order valence-electron chi connectivity index (χ1n) is 11.4. The predicted octanol–water partition coefficient (Wildman–Crippen LogP) is 4.35. The topological polar surface area (TPSA) is 78.4 Å². The lowest BCUT2D eigenvalue weighted by Gasteiger charge is -2.34. The second-order valence-electron chi connectivity index (χ2n) is 8.40. The first-order valence-corrected chi connectivity index (χ1v) is 11.8. The Morgan fingerprint density at radius 1 is 0.914 bits per heavy atom. The van der Waals surface area contributed by atoms with E-state index < -0.39 is 0 Å². The highest BCUT2D eigenvalue weighted by molar-refractivity contribution is 6.33. The molecule has 8 heteroatoms. The van der Waals surface area contributed by atoms with Crippen molar-refractivity contribution in [1.29, 1.82) is 0 Å². The van der Waals surface area contributed by atoms with Crippen molar-refractivity contribution in [2.24, 2.45) is 0 Å². The van der Waals surface area contributed by atoms with Crippen molar-refractivity contribution >= 4 is 40.0 Å². The van der Waals surface area contributed by atoms with Crippen LogP contribution < -0.4 is 5.32 Å². The van der Waals surface area contributed by atoms with Crippen LogP contribution in [-0.4, -0.2) is 64.3 Å². The molecule has 1 saturated heterocycles. The van der Waals surface area contributed by atoms with Gasteiger partial charge in [0.2, 0.25) is 5.91 Å². The number of amides is 2. The van der Waals surface area contributed by atoms with Crippen LogP contribution in [-0.2, 0) is 4.79 Å². The molecule has 2 aromatic carbocycles. The minimum Gasteiger partial charge on any atom is -0.336 e. The maximum atomic E-state index is 13.6. The maximum absolute atomic E-state index is 13.6. The number of benzene rings is 2. The Labute approximate surface area is 208 Å². The van der Waals surface area contributed by atoms with E-state index in [1.807, 2.05) is 64.4 Å². The summed E-state index contributed by atoms with van der Waals surface area (Å²) in [5.74, 6) is -0.154. The monoisotopic (exact) mass is 485 g/mol. The zero-order valence-electron chi connectivity index (χ0n) is 19.0. The van der Waals surface area contributed by atoms with Gasteiger partial charge in [-0.1, -0.05) is 41.9 Å². The van der Waals surface area contributed by atoms with Crippen LogP contribution in [0.2, 0.25) is 5.02 Å². The Morgan fingerprint density at radius 2 is 1.63 bits per heavy atom. The normalized spacial score (nSPS) is 14.1. The standard InChI is InChI=1S/C27H24ClN5O2/c28-22-6-2-4-8-24(22)31-26(34)18-32-13-15-33(16-14-32)27(35)21-17-25(19-9-11-29-12-10-19)30-23-7-3-1-5-20(21)23/h1-12,17H,13-16,18H2,(H,31,34). The average Bonchev–Trinajstić information content (AvgIpc) is 2.90. The first kappa shape index (κ1) is 23.0. The number of para-hydroxylation sites is 2. The molecule has 0 aliphatic carbocycles. The molecule has 7 nitrogen and oxygen atoms in total. The van der Waals surface area contributed by atoms with Gasteiger partial charge in [0, 0.05) is 49.5 Å². The fourth-order valence-electron chi connectivity index (χ4n) is 4.26. The van der Waals surface area contributed by atoms with Gasteiger partial charge in [-0.3, -0.25) is 19.5 Å². The highest BCUT2D eigenvalue weighted by Gasteiger charge is 2.25. The number of carbonyl (C=O) groups is 2. The zero-order chi connectivity index (χ0) is 24.2. The molecular weight excluding hydrogens is 462 g/mol. The number of piperazine rings is 1. The molecule has 3 heterocycles. The number of hydrogen-bond acceptors (Lipinski definition) is 5. The summed E-state index contributed by atoms with van der Waals surface area (Å²) in [6.45, 7) is 2.56. The number of nitrogens with one attached hydrogen (secondary N) is 1. The fraction of sp³-hybridized carbons (Fsp3) is 0.185. The number of fused-ring (bicyclic) bond motifs is 1. The molecule has 0 radical (unpaired) electrons. The molecule has 1 N–H and O–H groups in total. The molecule has 0 saturated carbocycles. The minimum absolute atomic E-state index is 0.0286. The summed E-state index contributed by atoms with van der Waals surface area (Å²) in [5, 5.41) is 4.19. The number of halogens is 1. The van der Waals surface area contributed by atoms with E-state index in [0.717, 1.165) is 22.2 Å². The van der Waals surface area contributed by atoms with Crippen LogP contribution in [0.5, 0.6) is 0 Å². The van der Waals surface area contributed by atoms with Crippen LogP contribution in [0, 0.1) is 0 Å². The highest BCUT2D eigenvalue weighted by atomic mass is 35.5. The zero-order valence-corrected chi connectivity index (χ0v) is 19.8. The van der Waals surface area contributed by atoms with Crippen molar-refractivity contribution in [2.45, 2.75) is 0 Å². The largest absolute Gasteiger partial charge is 0.336 e. The summed E-state index contributed by atoms with van der Waals surface area (Å²) < 4.78 is 0. The van der Waals surface area contributed by atoms with Crippen molar-refractivity contribution < 1.29 is 9.59 Å². The van der Waals surface area contributed by atoms with Crippen LogP contribution in [0.1, 0.15) is 10.4 Å². The predicted molar refractivity (Wildman–Crippen MR) is 137 cm³/mol. The van der Waals surface area contributed by atoms with E-state index in [0.29, 0.717) is 42.5 Å². The van der Waals surface area contributed by atoms with Gasteiger partial charge >= 0.3 is 0 Å². The molecule has 35 heavy (non-hydrogen) atoms. The average molecular weight is 486 g/mol.